The SMILES string of the molecule is C[C@@H](OC(C)(C)C)[C@H](NC(=O)[C@@H](N)CC(=O)NC(c1ccccc1)(c1ccccc1)c1ccccc1)C(=O)N[C@@H](Cc1ccccc1)C(=O)O. The maximum atomic E-state index is 13.9. The number of carboxylic acid groups (broad SMARTS) is 1. The van der Waals surface area contributed by atoms with Gasteiger partial charge in [0.05, 0.1) is 24.2 Å². The van der Waals surface area contributed by atoms with Crippen molar-refractivity contribution in [3.63, 3.8) is 0 Å². The first-order valence-electron chi connectivity index (χ1n) is 16.6. The number of rotatable bonds is 15. The molecule has 0 aliphatic heterocycles. The summed E-state index contributed by atoms with van der Waals surface area (Å²) in [6.07, 6.45) is -1.26. The second kappa shape index (κ2) is 16.9. The van der Waals surface area contributed by atoms with Crippen molar-refractivity contribution >= 4 is 23.7 Å². The van der Waals surface area contributed by atoms with Gasteiger partial charge in [0.1, 0.15) is 17.6 Å². The molecule has 4 aromatic carbocycles. The fraction of sp³-hybridized carbons (Fsp3) is 0.300. The summed E-state index contributed by atoms with van der Waals surface area (Å²) in [5, 5.41) is 18.3. The Kier molecular flexibility index (Phi) is 12.7. The Morgan fingerprint density at radius 2 is 1.14 bits per heavy atom. The van der Waals surface area contributed by atoms with E-state index in [-0.39, 0.29) is 6.42 Å². The van der Waals surface area contributed by atoms with Crippen LogP contribution < -0.4 is 21.7 Å². The van der Waals surface area contributed by atoms with Gasteiger partial charge in [0.15, 0.2) is 0 Å². The van der Waals surface area contributed by atoms with E-state index in [0.717, 1.165) is 16.7 Å². The Labute approximate surface area is 293 Å². The van der Waals surface area contributed by atoms with Crippen LogP contribution in [0.1, 0.15) is 56.4 Å². The number of carboxylic acids is 1. The number of carbonyl (C=O) groups is 4. The van der Waals surface area contributed by atoms with Crippen LogP contribution >= 0.6 is 0 Å². The van der Waals surface area contributed by atoms with E-state index >= 15 is 0 Å². The van der Waals surface area contributed by atoms with Crippen molar-refractivity contribution in [3.8, 4) is 0 Å². The number of amides is 3. The Hall–Kier alpha value is -5.32. The molecule has 0 aliphatic rings. The van der Waals surface area contributed by atoms with Gasteiger partial charge in [0, 0.05) is 6.42 Å². The lowest BCUT2D eigenvalue weighted by atomic mass is 9.77. The van der Waals surface area contributed by atoms with Gasteiger partial charge in [-0.15, -0.1) is 0 Å². The van der Waals surface area contributed by atoms with Crippen LogP contribution in [0.2, 0.25) is 0 Å². The number of nitrogens with two attached hydrogens (primary N) is 1. The number of nitrogens with one attached hydrogen (secondary N) is 3. The molecule has 0 bridgehead atoms. The van der Waals surface area contributed by atoms with Crippen molar-refractivity contribution in [1.82, 2.24) is 16.0 Å². The van der Waals surface area contributed by atoms with E-state index in [1.165, 1.54) is 0 Å². The van der Waals surface area contributed by atoms with Crippen molar-refractivity contribution in [2.75, 3.05) is 0 Å². The lowest BCUT2D eigenvalue weighted by Gasteiger charge is -2.37. The molecule has 4 atom stereocenters. The molecule has 0 heterocycles. The van der Waals surface area contributed by atoms with Crippen LogP contribution in [0.3, 0.4) is 0 Å². The molecule has 10 heteroatoms. The molecule has 0 radical (unpaired) electrons. The zero-order valence-electron chi connectivity index (χ0n) is 28.8. The Bertz CT molecular complexity index is 1620. The molecule has 50 heavy (non-hydrogen) atoms. The Morgan fingerprint density at radius 3 is 1.56 bits per heavy atom. The summed E-state index contributed by atoms with van der Waals surface area (Å²) in [6.45, 7) is 6.99. The minimum absolute atomic E-state index is 0.0305. The summed E-state index contributed by atoms with van der Waals surface area (Å²) in [7, 11) is 0. The van der Waals surface area contributed by atoms with Gasteiger partial charge in [0.2, 0.25) is 17.7 Å². The van der Waals surface area contributed by atoms with Crippen LogP contribution in [0.15, 0.2) is 121 Å². The molecule has 10 nitrogen and oxygen atoms in total. The van der Waals surface area contributed by atoms with Gasteiger partial charge in [-0.2, -0.15) is 0 Å². The minimum atomic E-state index is -1.35. The van der Waals surface area contributed by atoms with Crippen molar-refractivity contribution in [2.45, 2.75) is 75.9 Å². The Morgan fingerprint density at radius 1 is 0.700 bits per heavy atom. The number of hydrogen-bond acceptors (Lipinski definition) is 6. The van der Waals surface area contributed by atoms with Crippen molar-refractivity contribution < 1.29 is 29.0 Å². The van der Waals surface area contributed by atoms with Gasteiger partial charge in [-0.3, -0.25) is 14.4 Å². The fourth-order valence-electron chi connectivity index (χ4n) is 5.93. The number of aliphatic carboxylic acids is 1. The van der Waals surface area contributed by atoms with Gasteiger partial charge in [0.25, 0.3) is 0 Å². The average molecular weight is 679 g/mol. The van der Waals surface area contributed by atoms with E-state index in [1.807, 2.05) is 97.1 Å². The first kappa shape index (κ1) is 37.5. The molecule has 0 fully saturated rings. The summed E-state index contributed by atoms with van der Waals surface area (Å²) < 4.78 is 6.01. The zero-order chi connectivity index (χ0) is 36.3. The van der Waals surface area contributed by atoms with Crippen LogP contribution in [-0.2, 0) is 35.9 Å². The lowest BCUT2D eigenvalue weighted by molar-refractivity contribution is -0.145. The van der Waals surface area contributed by atoms with Gasteiger partial charge in [-0.25, -0.2) is 4.79 Å². The molecule has 3 amide bonds. The molecule has 4 rings (SSSR count). The first-order valence-corrected chi connectivity index (χ1v) is 16.6. The van der Waals surface area contributed by atoms with Crippen molar-refractivity contribution in [1.29, 1.82) is 0 Å². The maximum Gasteiger partial charge on any atom is 0.326 e. The second-order valence-corrected chi connectivity index (χ2v) is 13.2. The molecule has 6 N–H and O–H groups in total. The third-order valence-corrected chi connectivity index (χ3v) is 8.18. The van der Waals surface area contributed by atoms with E-state index in [9.17, 15) is 24.3 Å². The molecule has 0 spiro atoms. The lowest BCUT2D eigenvalue weighted by Crippen LogP contribution is -2.60. The van der Waals surface area contributed by atoms with Gasteiger partial charge in [-0.05, 0) is 49.9 Å². The highest BCUT2D eigenvalue weighted by Gasteiger charge is 2.39. The number of ether oxygens (including phenoxy) is 1. The monoisotopic (exact) mass is 678 g/mol. The van der Waals surface area contributed by atoms with Gasteiger partial charge >= 0.3 is 5.97 Å². The van der Waals surface area contributed by atoms with Crippen LogP contribution in [0.25, 0.3) is 0 Å². The predicted molar refractivity (Wildman–Crippen MR) is 192 cm³/mol. The summed E-state index contributed by atoms with van der Waals surface area (Å²) in [6, 6.07) is 33.5. The molecular weight excluding hydrogens is 632 g/mol. The van der Waals surface area contributed by atoms with E-state index in [2.05, 4.69) is 16.0 Å². The normalized spacial score (nSPS) is 14.0. The molecular formula is C40H46N4O6. The largest absolute Gasteiger partial charge is 0.480 e. The van der Waals surface area contributed by atoms with Crippen LogP contribution in [-0.4, -0.2) is 58.6 Å². The summed E-state index contributed by atoms with van der Waals surface area (Å²) in [5.74, 6) is -3.27. The second-order valence-electron chi connectivity index (χ2n) is 13.2. The van der Waals surface area contributed by atoms with Crippen LogP contribution in [0.4, 0.5) is 0 Å². The molecule has 0 unspecified atom stereocenters. The van der Waals surface area contributed by atoms with E-state index < -0.39 is 65.5 Å². The van der Waals surface area contributed by atoms with Crippen LogP contribution in [0.5, 0.6) is 0 Å². The number of hydrogen-bond donors (Lipinski definition) is 5. The smallest absolute Gasteiger partial charge is 0.326 e. The highest BCUT2D eigenvalue weighted by molar-refractivity contribution is 5.94. The number of carbonyl (C=O) groups excluding carboxylic acids is 3. The molecule has 0 saturated carbocycles. The average Bonchev–Trinajstić information content (AvgIpc) is 3.09. The fourth-order valence-corrected chi connectivity index (χ4v) is 5.93. The minimum Gasteiger partial charge on any atom is -0.480 e. The molecule has 262 valence electrons. The topological polar surface area (TPSA) is 160 Å². The van der Waals surface area contributed by atoms with E-state index in [0.29, 0.717) is 5.56 Å². The molecule has 0 aliphatic carbocycles. The highest BCUT2D eigenvalue weighted by Crippen LogP contribution is 2.37. The van der Waals surface area contributed by atoms with Crippen molar-refractivity contribution in [2.24, 2.45) is 5.73 Å². The third kappa shape index (κ3) is 9.87. The summed E-state index contributed by atoms with van der Waals surface area (Å²) in [5.41, 5.74) is 7.65. The summed E-state index contributed by atoms with van der Waals surface area (Å²) >= 11 is 0. The van der Waals surface area contributed by atoms with Gasteiger partial charge < -0.3 is 31.5 Å². The van der Waals surface area contributed by atoms with Crippen molar-refractivity contribution in [3.05, 3.63) is 144 Å². The zero-order valence-corrected chi connectivity index (χ0v) is 28.8. The third-order valence-electron chi connectivity index (χ3n) is 8.18. The van der Waals surface area contributed by atoms with Crippen LogP contribution in [0, 0.1) is 0 Å². The van der Waals surface area contributed by atoms with E-state index in [4.69, 9.17) is 10.5 Å². The maximum absolute atomic E-state index is 13.9. The van der Waals surface area contributed by atoms with E-state index in [1.54, 1.807) is 52.0 Å². The van der Waals surface area contributed by atoms with Gasteiger partial charge in [-0.1, -0.05) is 121 Å². The quantitative estimate of drug-likeness (QED) is 0.117. The molecule has 0 saturated heterocycles. The molecule has 0 aromatic heterocycles. The predicted octanol–water partition coefficient (Wildman–Crippen LogP) is 4.31. The number of benzene rings is 4. The highest BCUT2D eigenvalue weighted by atomic mass is 16.5. The standard InChI is InChI=1S/C40H46N4O6/c1-27(50-39(2,3)4)35(37(47)42-33(38(48)49)25-28-17-9-5-10-18-28)43-36(46)32(41)26-34(45)44-40(29-19-11-6-12-20-29,30-21-13-7-14-22-30)31-23-15-8-16-24-31/h5-24,27,32-33,35H,25-26,41H2,1-4H3,(H,42,47)(H,43,46)(H,44,45)(H,48,49)/t27-,32+,33+,35+/m1/s1. The molecule has 4 aromatic rings. The first-order chi connectivity index (χ1) is 23.8. The Balaban J connectivity index is 1.57. The summed E-state index contributed by atoms with van der Waals surface area (Å²) in [4.78, 5) is 53.2.